The van der Waals surface area contributed by atoms with Crippen LogP contribution in [0.3, 0.4) is 0 Å². The lowest BCUT2D eigenvalue weighted by Crippen LogP contribution is -2.18. The first-order chi connectivity index (χ1) is 9.85. The van der Waals surface area contributed by atoms with E-state index in [1.807, 2.05) is 0 Å². The average Bonchev–Trinajstić information content (AvgIpc) is 2.85. The third-order valence-electron chi connectivity index (χ3n) is 2.39. The number of alkyl halides is 3. The average molecular weight is 302 g/mol. The van der Waals surface area contributed by atoms with E-state index in [1.165, 1.54) is 24.3 Å². The first-order valence-electron chi connectivity index (χ1n) is 5.67. The maximum Gasteiger partial charge on any atom is 0.573 e. The number of benzene rings is 1. The molecule has 0 unspecified atom stereocenters. The van der Waals surface area contributed by atoms with Gasteiger partial charge in [-0.1, -0.05) is 12.1 Å². The van der Waals surface area contributed by atoms with E-state index in [2.05, 4.69) is 10.1 Å². The number of anilines is 1. The summed E-state index contributed by atoms with van der Waals surface area (Å²) in [7, 11) is 0. The summed E-state index contributed by atoms with van der Waals surface area (Å²) in [5.41, 5.74) is 0.0916. The van der Waals surface area contributed by atoms with E-state index in [-0.39, 0.29) is 18.0 Å². The maximum atomic E-state index is 12.2. The van der Waals surface area contributed by atoms with Gasteiger partial charge in [0.2, 0.25) is 0 Å². The number of nitro groups is 1. The van der Waals surface area contributed by atoms with Crippen LogP contribution < -0.4 is 10.1 Å². The Morgan fingerprint density at radius 1 is 1.24 bits per heavy atom. The fraction of sp³-hybridized carbons (Fsp3) is 0.167. The normalized spacial score (nSPS) is 11.2. The van der Waals surface area contributed by atoms with Crippen molar-refractivity contribution in [1.29, 1.82) is 0 Å². The minimum Gasteiger partial charge on any atom is -0.404 e. The van der Waals surface area contributed by atoms with Gasteiger partial charge < -0.3 is 14.5 Å². The second-order valence-electron chi connectivity index (χ2n) is 3.89. The highest BCUT2D eigenvalue weighted by atomic mass is 19.4. The van der Waals surface area contributed by atoms with E-state index in [9.17, 15) is 23.3 Å². The SMILES string of the molecule is O=[N+]([O-])c1ccc(CNc2ccccc2OC(F)(F)F)o1. The molecule has 0 bridgehead atoms. The van der Waals surface area contributed by atoms with Gasteiger partial charge in [-0.2, -0.15) is 0 Å². The number of nitrogens with zero attached hydrogens (tertiary/aromatic N) is 1. The number of hydrogen-bond donors (Lipinski definition) is 1. The standard InChI is InChI=1S/C12H9F3N2O4/c13-12(14,15)21-10-4-2-1-3-9(10)16-7-8-5-6-11(20-8)17(18)19/h1-6,16H,7H2. The largest absolute Gasteiger partial charge is 0.573 e. The van der Waals surface area contributed by atoms with E-state index in [0.717, 1.165) is 12.1 Å². The van der Waals surface area contributed by atoms with Crippen LogP contribution in [-0.2, 0) is 6.54 Å². The maximum absolute atomic E-state index is 12.2. The van der Waals surface area contributed by atoms with Gasteiger partial charge in [0.15, 0.2) is 5.75 Å². The fourth-order valence-electron chi connectivity index (χ4n) is 1.57. The van der Waals surface area contributed by atoms with Crippen molar-refractivity contribution in [2.75, 3.05) is 5.32 Å². The number of hydrogen-bond acceptors (Lipinski definition) is 5. The summed E-state index contributed by atoms with van der Waals surface area (Å²) in [6, 6.07) is 7.98. The van der Waals surface area contributed by atoms with E-state index < -0.39 is 22.9 Å². The molecule has 1 aromatic heterocycles. The van der Waals surface area contributed by atoms with Crippen molar-refractivity contribution < 1.29 is 27.2 Å². The number of para-hydroxylation sites is 2. The molecule has 9 heteroatoms. The van der Waals surface area contributed by atoms with Crippen LogP contribution in [0.2, 0.25) is 0 Å². The summed E-state index contributed by atoms with van der Waals surface area (Å²) >= 11 is 0. The van der Waals surface area contributed by atoms with E-state index in [0.29, 0.717) is 0 Å². The Hall–Kier alpha value is -2.71. The number of nitrogens with one attached hydrogen (secondary N) is 1. The molecule has 0 aliphatic carbocycles. The smallest absolute Gasteiger partial charge is 0.404 e. The molecule has 21 heavy (non-hydrogen) atoms. The van der Waals surface area contributed by atoms with Crippen LogP contribution in [-0.4, -0.2) is 11.3 Å². The monoisotopic (exact) mass is 302 g/mol. The summed E-state index contributed by atoms with van der Waals surface area (Å²) in [5, 5.41) is 13.1. The van der Waals surface area contributed by atoms with Gasteiger partial charge in [0, 0.05) is 0 Å². The van der Waals surface area contributed by atoms with Gasteiger partial charge in [0.25, 0.3) is 0 Å². The first-order valence-corrected chi connectivity index (χ1v) is 5.67. The van der Waals surface area contributed by atoms with Crippen molar-refractivity contribution in [3.05, 3.63) is 52.3 Å². The molecule has 0 saturated heterocycles. The molecular formula is C12H9F3N2O4. The zero-order valence-electron chi connectivity index (χ0n) is 10.4. The molecular weight excluding hydrogens is 293 g/mol. The highest BCUT2D eigenvalue weighted by Gasteiger charge is 2.32. The molecule has 0 atom stereocenters. The second-order valence-corrected chi connectivity index (χ2v) is 3.89. The zero-order chi connectivity index (χ0) is 15.5. The van der Waals surface area contributed by atoms with Crippen LogP contribution in [0, 0.1) is 10.1 Å². The minimum atomic E-state index is -4.80. The van der Waals surface area contributed by atoms with Crippen LogP contribution in [0.15, 0.2) is 40.8 Å². The molecule has 0 saturated carbocycles. The lowest BCUT2D eigenvalue weighted by molar-refractivity contribution is -0.402. The van der Waals surface area contributed by atoms with Crippen LogP contribution in [0.1, 0.15) is 5.76 Å². The molecule has 0 aliphatic rings. The molecule has 0 fully saturated rings. The number of rotatable bonds is 5. The van der Waals surface area contributed by atoms with Crippen LogP contribution >= 0.6 is 0 Å². The third-order valence-corrected chi connectivity index (χ3v) is 2.39. The van der Waals surface area contributed by atoms with Gasteiger partial charge >= 0.3 is 12.2 Å². The van der Waals surface area contributed by atoms with Crippen LogP contribution in [0.25, 0.3) is 0 Å². The number of ether oxygens (including phenoxy) is 1. The Labute approximate surface area is 116 Å². The fourth-order valence-corrected chi connectivity index (χ4v) is 1.57. The Morgan fingerprint density at radius 2 is 1.95 bits per heavy atom. The summed E-state index contributed by atoms with van der Waals surface area (Å²) in [4.78, 5) is 9.74. The lowest BCUT2D eigenvalue weighted by Gasteiger charge is -2.13. The second kappa shape index (κ2) is 5.73. The van der Waals surface area contributed by atoms with E-state index in [4.69, 9.17) is 4.42 Å². The van der Waals surface area contributed by atoms with Gasteiger partial charge in [0.05, 0.1) is 18.3 Å². The van der Waals surface area contributed by atoms with E-state index in [1.54, 1.807) is 0 Å². The van der Waals surface area contributed by atoms with Crippen molar-refractivity contribution in [2.45, 2.75) is 12.9 Å². The molecule has 0 aliphatic heterocycles. The third kappa shape index (κ3) is 4.13. The Bertz CT molecular complexity index is 639. The van der Waals surface area contributed by atoms with Crippen LogP contribution in [0.4, 0.5) is 24.7 Å². The summed E-state index contributed by atoms with van der Waals surface area (Å²) in [6.07, 6.45) is -4.80. The number of furan rings is 1. The summed E-state index contributed by atoms with van der Waals surface area (Å²) in [6.45, 7) is -0.0218. The highest BCUT2D eigenvalue weighted by Crippen LogP contribution is 2.30. The summed E-state index contributed by atoms with van der Waals surface area (Å²) < 4.78 is 45.4. The predicted molar refractivity (Wildman–Crippen MR) is 65.8 cm³/mol. The Kier molecular flexibility index (Phi) is 4.01. The topological polar surface area (TPSA) is 77.5 Å². The molecule has 1 heterocycles. The molecule has 112 valence electrons. The predicted octanol–water partition coefficient (Wildman–Crippen LogP) is 3.70. The molecule has 6 nitrogen and oxygen atoms in total. The number of halogens is 3. The van der Waals surface area contributed by atoms with Gasteiger partial charge in [-0.25, -0.2) is 0 Å². The molecule has 0 amide bonds. The van der Waals surface area contributed by atoms with Crippen molar-refractivity contribution in [3.8, 4) is 5.75 Å². The molecule has 1 aromatic carbocycles. The zero-order valence-corrected chi connectivity index (χ0v) is 10.4. The Balaban J connectivity index is 2.07. The van der Waals surface area contributed by atoms with Crippen molar-refractivity contribution >= 4 is 11.6 Å². The van der Waals surface area contributed by atoms with Crippen molar-refractivity contribution in [3.63, 3.8) is 0 Å². The quantitative estimate of drug-likeness (QED) is 0.673. The van der Waals surface area contributed by atoms with Crippen LogP contribution in [0.5, 0.6) is 5.75 Å². The lowest BCUT2D eigenvalue weighted by atomic mass is 10.3. The van der Waals surface area contributed by atoms with Crippen molar-refractivity contribution in [2.24, 2.45) is 0 Å². The van der Waals surface area contributed by atoms with Gasteiger partial charge in [0.1, 0.15) is 10.7 Å². The Morgan fingerprint density at radius 3 is 2.57 bits per heavy atom. The minimum absolute atomic E-state index is 0.0218. The molecule has 0 spiro atoms. The van der Waals surface area contributed by atoms with Crippen molar-refractivity contribution in [1.82, 2.24) is 0 Å². The van der Waals surface area contributed by atoms with E-state index >= 15 is 0 Å². The molecule has 2 rings (SSSR count). The van der Waals surface area contributed by atoms with Gasteiger partial charge in [-0.3, -0.25) is 10.1 Å². The molecule has 0 radical (unpaired) electrons. The summed E-state index contributed by atoms with van der Waals surface area (Å²) in [5.74, 6) is -0.624. The van der Waals surface area contributed by atoms with Gasteiger partial charge in [-0.05, 0) is 18.2 Å². The van der Waals surface area contributed by atoms with Gasteiger partial charge in [-0.15, -0.1) is 13.2 Å². The first kappa shape index (κ1) is 14.7. The molecule has 1 N–H and O–H groups in total. The highest BCUT2D eigenvalue weighted by molar-refractivity contribution is 5.56. The molecule has 2 aromatic rings.